The number of hydrogen-bond acceptors (Lipinski definition) is 4. The molecule has 150 valence electrons. The van der Waals surface area contributed by atoms with Crippen LogP contribution in [0.3, 0.4) is 0 Å². The van der Waals surface area contributed by atoms with Crippen molar-refractivity contribution in [3.63, 3.8) is 0 Å². The lowest BCUT2D eigenvalue weighted by atomic mass is 10.1. The first-order valence-corrected chi connectivity index (χ1v) is 8.71. The summed E-state index contributed by atoms with van der Waals surface area (Å²) in [6.45, 7) is 0.263. The number of carbonyl (C=O) groups excluding carboxylic acids is 1. The smallest absolute Gasteiger partial charge is 0.256 e. The fourth-order valence-electron chi connectivity index (χ4n) is 2.69. The van der Waals surface area contributed by atoms with Gasteiger partial charge in [-0.2, -0.15) is 0 Å². The minimum atomic E-state index is -0.875. The second-order valence-corrected chi connectivity index (χ2v) is 6.03. The standard InChI is InChI=1S/C22H19F2NO4/c1-27-18-11-15(22(26)25-20-16(23)9-6-10-17(20)24)12-19(28-2)21(18)29-13-14-7-4-3-5-8-14/h3-12H,13H2,1-2H3,(H,25,26). The fraction of sp³-hybridized carbons (Fsp3) is 0.136. The van der Waals surface area contributed by atoms with Crippen LogP contribution in [0, 0.1) is 11.6 Å². The average molecular weight is 399 g/mol. The van der Waals surface area contributed by atoms with E-state index in [9.17, 15) is 13.6 Å². The van der Waals surface area contributed by atoms with Gasteiger partial charge in [-0.3, -0.25) is 4.79 Å². The highest BCUT2D eigenvalue weighted by atomic mass is 19.1. The lowest BCUT2D eigenvalue weighted by Crippen LogP contribution is -2.15. The van der Waals surface area contributed by atoms with Crippen LogP contribution in [0.2, 0.25) is 0 Å². The van der Waals surface area contributed by atoms with E-state index < -0.39 is 23.2 Å². The Morgan fingerprint density at radius 1 is 0.897 bits per heavy atom. The first kappa shape index (κ1) is 20.1. The number of anilines is 1. The summed E-state index contributed by atoms with van der Waals surface area (Å²) in [4.78, 5) is 12.5. The lowest BCUT2D eigenvalue weighted by molar-refractivity contribution is 0.102. The molecule has 0 heterocycles. The van der Waals surface area contributed by atoms with Gasteiger partial charge in [-0.15, -0.1) is 0 Å². The van der Waals surface area contributed by atoms with Gasteiger partial charge in [0.2, 0.25) is 5.75 Å². The van der Waals surface area contributed by atoms with Crippen molar-refractivity contribution in [3.8, 4) is 17.2 Å². The van der Waals surface area contributed by atoms with Crippen LogP contribution in [0.5, 0.6) is 17.2 Å². The van der Waals surface area contributed by atoms with Crippen molar-refractivity contribution in [1.29, 1.82) is 0 Å². The predicted molar refractivity (Wildman–Crippen MR) is 105 cm³/mol. The zero-order valence-electron chi connectivity index (χ0n) is 15.9. The summed E-state index contributed by atoms with van der Waals surface area (Å²) < 4.78 is 44.1. The van der Waals surface area contributed by atoms with Gasteiger partial charge >= 0.3 is 0 Å². The molecule has 0 unspecified atom stereocenters. The second kappa shape index (κ2) is 9.05. The number of hydrogen-bond donors (Lipinski definition) is 1. The molecular weight excluding hydrogens is 380 g/mol. The quantitative estimate of drug-likeness (QED) is 0.619. The molecule has 0 saturated heterocycles. The van der Waals surface area contributed by atoms with Crippen molar-refractivity contribution in [2.45, 2.75) is 6.61 Å². The Hall–Kier alpha value is -3.61. The van der Waals surface area contributed by atoms with Crippen molar-refractivity contribution in [2.24, 2.45) is 0 Å². The number of methoxy groups -OCH3 is 2. The molecule has 0 saturated carbocycles. The number of rotatable bonds is 7. The van der Waals surface area contributed by atoms with E-state index in [-0.39, 0.29) is 23.7 Å². The summed E-state index contributed by atoms with van der Waals surface area (Å²) in [7, 11) is 2.84. The van der Waals surface area contributed by atoms with E-state index >= 15 is 0 Å². The van der Waals surface area contributed by atoms with E-state index in [1.54, 1.807) is 0 Å². The number of amides is 1. The van der Waals surface area contributed by atoms with Gasteiger partial charge in [0.05, 0.1) is 14.2 Å². The Bertz CT molecular complexity index is 964. The number of ether oxygens (including phenoxy) is 3. The molecule has 3 aromatic carbocycles. The number of halogens is 2. The summed E-state index contributed by atoms with van der Waals surface area (Å²) in [5.74, 6) is -1.66. The van der Waals surface area contributed by atoms with E-state index in [0.717, 1.165) is 17.7 Å². The molecule has 0 aromatic heterocycles. The van der Waals surface area contributed by atoms with Gasteiger partial charge in [0, 0.05) is 5.56 Å². The van der Waals surface area contributed by atoms with Crippen LogP contribution >= 0.6 is 0 Å². The highest BCUT2D eigenvalue weighted by molar-refractivity contribution is 6.05. The summed E-state index contributed by atoms with van der Waals surface area (Å²) >= 11 is 0. The van der Waals surface area contributed by atoms with Crippen LogP contribution in [0.25, 0.3) is 0 Å². The average Bonchev–Trinajstić information content (AvgIpc) is 2.74. The zero-order chi connectivity index (χ0) is 20.8. The zero-order valence-corrected chi connectivity index (χ0v) is 15.9. The molecule has 0 bridgehead atoms. The van der Waals surface area contributed by atoms with Crippen molar-refractivity contribution < 1.29 is 27.8 Å². The normalized spacial score (nSPS) is 10.3. The summed E-state index contributed by atoms with van der Waals surface area (Å²) in [6, 6.07) is 15.6. The van der Waals surface area contributed by atoms with Gasteiger partial charge in [-0.25, -0.2) is 8.78 Å². The van der Waals surface area contributed by atoms with Crippen LogP contribution in [-0.2, 0) is 6.61 Å². The Morgan fingerprint density at radius 3 is 2.03 bits per heavy atom. The predicted octanol–water partition coefficient (Wildman–Crippen LogP) is 4.81. The summed E-state index contributed by atoms with van der Waals surface area (Å²) in [6.07, 6.45) is 0. The summed E-state index contributed by atoms with van der Waals surface area (Å²) in [5, 5.41) is 2.23. The maximum absolute atomic E-state index is 13.8. The Morgan fingerprint density at radius 2 is 1.48 bits per heavy atom. The minimum Gasteiger partial charge on any atom is -0.493 e. The van der Waals surface area contributed by atoms with Gasteiger partial charge in [-0.1, -0.05) is 36.4 Å². The molecule has 1 amide bonds. The van der Waals surface area contributed by atoms with Gasteiger partial charge in [0.1, 0.15) is 23.9 Å². The van der Waals surface area contributed by atoms with Crippen molar-refractivity contribution in [3.05, 3.63) is 83.4 Å². The van der Waals surface area contributed by atoms with E-state index in [1.807, 2.05) is 30.3 Å². The molecule has 0 aliphatic carbocycles. The fourth-order valence-corrected chi connectivity index (χ4v) is 2.69. The Labute approximate surface area is 166 Å². The monoisotopic (exact) mass is 399 g/mol. The molecule has 0 aliphatic rings. The molecule has 3 aromatic rings. The number of nitrogens with one attached hydrogen (secondary N) is 1. The molecule has 0 atom stereocenters. The van der Waals surface area contributed by atoms with Gasteiger partial charge in [-0.05, 0) is 29.8 Å². The third kappa shape index (κ3) is 4.63. The van der Waals surface area contributed by atoms with Crippen molar-refractivity contribution >= 4 is 11.6 Å². The van der Waals surface area contributed by atoms with Crippen LogP contribution in [0.1, 0.15) is 15.9 Å². The van der Waals surface area contributed by atoms with Crippen molar-refractivity contribution in [1.82, 2.24) is 0 Å². The second-order valence-electron chi connectivity index (χ2n) is 6.03. The molecule has 0 fully saturated rings. The Kier molecular flexibility index (Phi) is 6.29. The SMILES string of the molecule is COc1cc(C(=O)Nc2c(F)cccc2F)cc(OC)c1OCc1ccccc1. The topological polar surface area (TPSA) is 56.8 Å². The van der Waals surface area contributed by atoms with Gasteiger partial charge < -0.3 is 19.5 Å². The Balaban J connectivity index is 1.87. The third-order valence-electron chi connectivity index (χ3n) is 4.15. The van der Waals surface area contributed by atoms with Crippen LogP contribution < -0.4 is 19.5 Å². The van der Waals surface area contributed by atoms with E-state index in [1.165, 1.54) is 32.4 Å². The minimum absolute atomic E-state index is 0.0911. The molecule has 3 rings (SSSR count). The largest absolute Gasteiger partial charge is 0.493 e. The number of para-hydroxylation sites is 1. The van der Waals surface area contributed by atoms with E-state index in [0.29, 0.717) is 5.75 Å². The maximum Gasteiger partial charge on any atom is 0.256 e. The molecule has 0 radical (unpaired) electrons. The lowest BCUT2D eigenvalue weighted by Gasteiger charge is -2.16. The molecule has 29 heavy (non-hydrogen) atoms. The first-order valence-electron chi connectivity index (χ1n) is 8.71. The van der Waals surface area contributed by atoms with E-state index in [4.69, 9.17) is 14.2 Å². The third-order valence-corrected chi connectivity index (χ3v) is 4.15. The van der Waals surface area contributed by atoms with Gasteiger partial charge in [0.25, 0.3) is 5.91 Å². The molecule has 0 aliphatic heterocycles. The number of benzene rings is 3. The summed E-state index contributed by atoms with van der Waals surface area (Å²) in [5.41, 5.74) is 0.502. The highest BCUT2D eigenvalue weighted by Gasteiger charge is 2.20. The molecular formula is C22H19F2NO4. The van der Waals surface area contributed by atoms with Crippen LogP contribution in [0.15, 0.2) is 60.7 Å². The molecule has 1 N–H and O–H groups in total. The first-order chi connectivity index (χ1) is 14.0. The van der Waals surface area contributed by atoms with Crippen molar-refractivity contribution in [2.75, 3.05) is 19.5 Å². The maximum atomic E-state index is 13.8. The van der Waals surface area contributed by atoms with Gasteiger partial charge in [0.15, 0.2) is 11.5 Å². The molecule has 0 spiro atoms. The van der Waals surface area contributed by atoms with E-state index in [2.05, 4.69) is 5.32 Å². The molecule has 7 heteroatoms. The molecule has 5 nitrogen and oxygen atoms in total. The van der Waals surface area contributed by atoms with Crippen LogP contribution in [-0.4, -0.2) is 20.1 Å². The number of carbonyl (C=O) groups is 1. The highest BCUT2D eigenvalue weighted by Crippen LogP contribution is 2.39. The van der Waals surface area contributed by atoms with Crippen LogP contribution in [0.4, 0.5) is 14.5 Å².